The van der Waals surface area contributed by atoms with E-state index in [0.29, 0.717) is 25.3 Å². The van der Waals surface area contributed by atoms with E-state index in [1.54, 1.807) is 29.1 Å². The predicted octanol–water partition coefficient (Wildman–Crippen LogP) is 4.68. The first-order chi connectivity index (χ1) is 15.9. The van der Waals surface area contributed by atoms with Gasteiger partial charge in [0.15, 0.2) is 5.69 Å². The Bertz CT molecular complexity index is 1000. The highest BCUT2D eigenvalue weighted by Gasteiger charge is 2.26. The maximum Gasteiger partial charge on any atom is 0.256 e. The average molecular weight is 464 g/mol. The number of hydrogen-bond donors (Lipinski definition) is 1. The van der Waals surface area contributed by atoms with Gasteiger partial charge in [0, 0.05) is 32.4 Å². The van der Waals surface area contributed by atoms with Gasteiger partial charge in [-0.05, 0) is 36.1 Å². The van der Waals surface area contributed by atoms with Crippen LogP contribution in [-0.4, -0.2) is 48.5 Å². The van der Waals surface area contributed by atoms with E-state index >= 15 is 0 Å². The standard InChI is InChI=1S/C26H33N5O2.CH4/c1-5-6-9-14-28-25(32)18-30(24-13-12-23(27-3)15-20(24)2)19-26(33)29(4)31-16-21-10-7-8-11-22(21)17-31;/h7-8,10-13,15H,5-6,9,14,16-19H2,1-2,4H3,(H,28,32);1H4. The van der Waals surface area contributed by atoms with Gasteiger partial charge in [0.2, 0.25) is 5.91 Å². The third kappa shape index (κ3) is 6.82. The van der Waals surface area contributed by atoms with E-state index < -0.39 is 0 Å². The zero-order chi connectivity index (χ0) is 23.8. The van der Waals surface area contributed by atoms with Crippen molar-refractivity contribution in [2.75, 3.05) is 31.6 Å². The van der Waals surface area contributed by atoms with Crippen molar-refractivity contribution in [2.24, 2.45) is 0 Å². The number of unbranched alkanes of at least 4 members (excludes halogenated alkanes) is 2. The second kappa shape index (κ2) is 12.8. The molecular formula is C27H37N5O2. The number of hydrogen-bond acceptors (Lipinski definition) is 4. The molecule has 1 N–H and O–H groups in total. The minimum atomic E-state index is -0.108. The maximum absolute atomic E-state index is 13.2. The number of carbonyl (C=O) groups excluding carboxylic acids is 2. The zero-order valence-electron chi connectivity index (χ0n) is 19.8. The van der Waals surface area contributed by atoms with Crippen molar-refractivity contribution in [3.8, 4) is 0 Å². The Morgan fingerprint density at radius 3 is 2.35 bits per heavy atom. The Kier molecular flexibility index (Phi) is 10.1. The van der Waals surface area contributed by atoms with Gasteiger partial charge >= 0.3 is 0 Å². The van der Waals surface area contributed by atoms with Crippen LogP contribution >= 0.6 is 0 Å². The summed E-state index contributed by atoms with van der Waals surface area (Å²) in [6.45, 7) is 13.4. The molecule has 2 aromatic rings. The molecule has 0 fully saturated rings. The lowest BCUT2D eigenvalue weighted by atomic mass is 10.1. The van der Waals surface area contributed by atoms with Crippen molar-refractivity contribution in [1.29, 1.82) is 0 Å². The normalized spacial score (nSPS) is 12.3. The third-order valence-electron chi connectivity index (χ3n) is 6.02. The smallest absolute Gasteiger partial charge is 0.256 e. The highest BCUT2D eigenvalue weighted by atomic mass is 16.2. The van der Waals surface area contributed by atoms with Gasteiger partial charge in [-0.2, -0.15) is 0 Å². The van der Waals surface area contributed by atoms with E-state index in [4.69, 9.17) is 6.57 Å². The maximum atomic E-state index is 13.2. The molecule has 7 nitrogen and oxygen atoms in total. The van der Waals surface area contributed by atoms with Gasteiger partial charge in [-0.3, -0.25) is 14.6 Å². The molecule has 7 heteroatoms. The zero-order valence-corrected chi connectivity index (χ0v) is 19.8. The predicted molar refractivity (Wildman–Crippen MR) is 137 cm³/mol. The summed E-state index contributed by atoms with van der Waals surface area (Å²) in [5, 5.41) is 6.65. The van der Waals surface area contributed by atoms with E-state index in [0.717, 1.165) is 30.5 Å². The van der Waals surface area contributed by atoms with Crippen molar-refractivity contribution in [3.63, 3.8) is 0 Å². The van der Waals surface area contributed by atoms with Gasteiger partial charge < -0.3 is 10.2 Å². The molecule has 1 heterocycles. The van der Waals surface area contributed by atoms with Crippen LogP contribution in [-0.2, 0) is 22.7 Å². The molecule has 2 aromatic carbocycles. The molecule has 2 amide bonds. The molecule has 0 radical (unpaired) electrons. The first kappa shape index (κ1) is 26.9. The van der Waals surface area contributed by atoms with Crippen LogP contribution in [0.3, 0.4) is 0 Å². The number of carbonyl (C=O) groups is 2. The molecule has 34 heavy (non-hydrogen) atoms. The van der Waals surface area contributed by atoms with Crippen LogP contribution in [0.4, 0.5) is 11.4 Å². The third-order valence-corrected chi connectivity index (χ3v) is 6.02. The van der Waals surface area contributed by atoms with E-state index in [9.17, 15) is 9.59 Å². The lowest BCUT2D eigenvalue weighted by Gasteiger charge is -2.32. The van der Waals surface area contributed by atoms with Crippen LogP contribution in [0.1, 0.15) is 50.3 Å². The minimum Gasteiger partial charge on any atom is -0.355 e. The molecule has 0 saturated carbocycles. The number of amides is 2. The van der Waals surface area contributed by atoms with E-state index in [2.05, 4.69) is 29.2 Å². The second-order valence-corrected chi connectivity index (χ2v) is 8.50. The number of fused-ring (bicyclic) bond motifs is 1. The Morgan fingerprint density at radius 2 is 1.76 bits per heavy atom. The Labute approximate surface area is 204 Å². The SMILES string of the molecule is C.[C-]#[N+]c1ccc(N(CC(=O)NCCCCC)CC(=O)N(C)N2Cc3ccccc3C2)c(C)c1. The van der Waals surface area contributed by atoms with Crippen LogP contribution in [0.25, 0.3) is 4.85 Å². The fourth-order valence-corrected chi connectivity index (χ4v) is 4.07. The molecule has 1 aliphatic heterocycles. The number of likely N-dealkylation sites (N-methyl/N-ethyl adjacent to an activating group) is 1. The fraction of sp³-hybridized carbons (Fsp3) is 0.444. The summed E-state index contributed by atoms with van der Waals surface area (Å²) in [4.78, 5) is 31.2. The van der Waals surface area contributed by atoms with Gasteiger partial charge in [-0.1, -0.05) is 63.6 Å². The van der Waals surface area contributed by atoms with Crippen LogP contribution in [0.15, 0.2) is 42.5 Å². The van der Waals surface area contributed by atoms with Gasteiger partial charge in [0.1, 0.15) is 0 Å². The molecule has 0 aliphatic carbocycles. The summed E-state index contributed by atoms with van der Waals surface area (Å²) in [6, 6.07) is 13.6. The number of aryl methyl sites for hydroxylation is 1. The lowest BCUT2D eigenvalue weighted by Crippen LogP contribution is -2.48. The van der Waals surface area contributed by atoms with Crippen molar-refractivity contribution in [2.45, 2.75) is 53.6 Å². The average Bonchev–Trinajstić information content (AvgIpc) is 3.25. The van der Waals surface area contributed by atoms with E-state index in [1.807, 2.05) is 30.1 Å². The molecule has 182 valence electrons. The van der Waals surface area contributed by atoms with Crippen molar-refractivity contribution < 1.29 is 9.59 Å². The van der Waals surface area contributed by atoms with Crippen LogP contribution in [0, 0.1) is 13.5 Å². The summed E-state index contributed by atoms with van der Waals surface area (Å²) < 4.78 is 0. The first-order valence-corrected chi connectivity index (χ1v) is 11.5. The summed E-state index contributed by atoms with van der Waals surface area (Å²) in [5.74, 6) is -0.195. The Morgan fingerprint density at radius 1 is 1.09 bits per heavy atom. The largest absolute Gasteiger partial charge is 0.355 e. The minimum absolute atomic E-state index is 0. The molecule has 0 saturated heterocycles. The summed E-state index contributed by atoms with van der Waals surface area (Å²) >= 11 is 0. The van der Waals surface area contributed by atoms with Crippen LogP contribution in [0.5, 0.6) is 0 Å². The second-order valence-electron chi connectivity index (χ2n) is 8.50. The lowest BCUT2D eigenvalue weighted by molar-refractivity contribution is -0.145. The van der Waals surface area contributed by atoms with Gasteiger partial charge in [0.25, 0.3) is 5.91 Å². The van der Waals surface area contributed by atoms with Crippen molar-refractivity contribution >= 4 is 23.2 Å². The number of anilines is 1. The summed E-state index contributed by atoms with van der Waals surface area (Å²) in [6.07, 6.45) is 3.11. The monoisotopic (exact) mass is 463 g/mol. The Hall–Kier alpha value is -3.37. The van der Waals surface area contributed by atoms with Crippen LogP contribution < -0.4 is 10.2 Å². The summed E-state index contributed by atoms with van der Waals surface area (Å²) in [7, 11) is 1.78. The highest BCUT2D eigenvalue weighted by Crippen LogP contribution is 2.26. The van der Waals surface area contributed by atoms with Gasteiger partial charge in [0.05, 0.1) is 19.7 Å². The molecule has 0 unspecified atom stereocenters. The molecule has 0 atom stereocenters. The molecule has 0 spiro atoms. The molecule has 0 aromatic heterocycles. The number of nitrogens with zero attached hydrogens (tertiary/aromatic N) is 4. The quantitative estimate of drug-likeness (QED) is 0.410. The highest BCUT2D eigenvalue weighted by molar-refractivity contribution is 5.87. The number of rotatable bonds is 10. The summed E-state index contributed by atoms with van der Waals surface area (Å²) in [5.41, 5.74) is 4.65. The van der Waals surface area contributed by atoms with Crippen molar-refractivity contribution in [1.82, 2.24) is 15.3 Å². The number of nitrogens with one attached hydrogen (secondary N) is 1. The molecule has 0 bridgehead atoms. The van der Waals surface area contributed by atoms with Crippen LogP contribution in [0.2, 0.25) is 0 Å². The van der Waals surface area contributed by atoms with E-state index in [1.165, 1.54) is 11.1 Å². The van der Waals surface area contributed by atoms with Gasteiger partial charge in [-0.15, -0.1) is 0 Å². The number of benzene rings is 2. The van der Waals surface area contributed by atoms with Gasteiger partial charge in [-0.25, -0.2) is 9.85 Å². The molecule has 3 rings (SSSR count). The topological polar surface area (TPSA) is 60.3 Å². The molecular weight excluding hydrogens is 426 g/mol. The molecule has 1 aliphatic rings. The number of hydrazine groups is 1. The Balaban J connectivity index is 0.00000408. The fourth-order valence-electron chi connectivity index (χ4n) is 4.07. The first-order valence-electron chi connectivity index (χ1n) is 11.5. The van der Waals surface area contributed by atoms with E-state index in [-0.39, 0.29) is 32.3 Å². The van der Waals surface area contributed by atoms with Crippen molar-refractivity contribution in [3.05, 3.63) is 70.6 Å².